The van der Waals surface area contributed by atoms with Crippen LogP contribution >= 0.6 is 0 Å². The molecule has 0 spiro atoms. The maximum Gasteiger partial charge on any atom is -0.0227 e. The second kappa shape index (κ2) is 7.81. The van der Waals surface area contributed by atoms with Crippen molar-refractivity contribution in [3.8, 4) is 0 Å². The summed E-state index contributed by atoms with van der Waals surface area (Å²) in [5.74, 6) is 0. The Morgan fingerprint density at radius 3 is 2.13 bits per heavy atom. The molecule has 0 unspecified atom stereocenters. The molecule has 0 radical (unpaired) electrons. The average molecular weight is 200 g/mol. The largest absolute Gasteiger partial charge is 0.106 e. The Bertz CT molecular complexity index is 326. The van der Waals surface area contributed by atoms with Crippen molar-refractivity contribution in [2.75, 3.05) is 0 Å². The molecular formula is C15H20. The number of hydrogen-bond acceptors (Lipinski definition) is 0. The summed E-state index contributed by atoms with van der Waals surface area (Å²) in [6.07, 6.45) is 6.23. The van der Waals surface area contributed by atoms with Crippen molar-refractivity contribution in [1.29, 1.82) is 0 Å². The molecule has 0 heterocycles. The van der Waals surface area contributed by atoms with Crippen molar-refractivity contribution in [1.82, 2.24) is 0 Å². The standard InChI is InChI=1S/C13H16.C2H4/c1-4-5-6-12(3)13-9-7-11(2)8-10-13;1-2/h4-10H,1-3H3;1-2H2/b5-4-,12-6+;. The normalized spacial score (nSPS) is 11.0. The van der Waals surface area contributed by atoms with Gasteiger partial charge in [-0.05, 0) is 31.9 Å². The van der Waals surface area contributed by atoms with Crippen molar-refractivity contribution in [2.24, 2.45) is 0 Å². The smallest absolute Gasteiger partial charge is 0.0227 e. The van der Waals surface area contributed by atoms with E-state index in [1.807, 2.05) is 13.0 Å². The second-order valence-corrected chi connectivity index (χ2v) is 3.24. The van der Waals surface area contributed by atoms with E-state index in [9.17, 15) is 0 Å². The molecule has 0 heteroatoms. The van der Waals surface area contributed by atoms with Crippen molar-refractivity contribution in [3.05, 3.63) is 66.8 Å². The van der Waals surface area contributed by atoms with Gasteiger partial charge in [0.05, 0.1) is 0 Å². The molecular weight excluding hydrogens is 180 g/mol. The molecule has 0 aliphatic heterocycles. The molecule has 0 saturated carbocycles. The van der Waals surface area contributed by atoms with Crippen LogP contribution in [0.25, 0.3) is 5.57 Å². The highest BCUT2D eigenvalue weighted by molar-refractivity contribution is 5.65. The van der Waals surface area contributed by atoms with Crippen LogP contribution in [0, 0.1) is 6.92 Å². The van der Waals surface area contributed by atoms with Gasteiger partial charge in [0.2, 0.25) is 0 Å². The van der Waals surface area contributed by atoms with Crippen molar-refractivity contribution < 1.29 is 0 Å². The summed E-state index contributed by atoms with van der Waals surface area (Å²) in [7, 11) is 0. The molecule has 0 bridgehead atoms. The van der Waals surface area contributed by atoms with Gasteiger partial charge in [-0.15, -0.1) is 13.2 Å². The van der Waals surface area contributed by atoms with Gasteiger partial charge in [-0.1, -0.05) is 48.1 Å². The van der Waals surface area contributed by atoms with E-state index in [2.05, 4.69) is 63.4 Å². The number of rotatable bonds is 2. The second-order valence-electron chi connectivity index (χ2n) is 3.24. The van der Waals surface area contributed by atoms with Gasteiger partial charge in [0.15, 0.2) is 0 Å². The van der Waals surface area contributed by atoms with Crippen LogP contribution in [-0.4, -0.2) is 0 Å². The van der Waals surface area contributed by atoms with Crippen LogP contribution in [0.3, 0.4) is 0 Å². The first-order valence-electron chi connectivity index (χ1n) is 5.10. The molecule has 0 aliphatic rings. The highest BCUT2D eigenvalue weighted by Gasteiger charge is 1.92. The molecule has 0 fully saturated rings. The van der Waals surface area contributed by atoms with Gasteiger partial charge in [-0.2, -0.15) is 0 Å². The van der Waals surface area contributed by atoms with Crippen LogP contribution in [0.15, 0.2) is 55.7 Å². The zero-order valence-electron chi connectivity index (χ0n) is 9.96. The first-order valence-corrected chi connectivity index (χ1v) is 5.10. The lowest BCUT2D eigenvalue weighted by Crippen LogP contribution is -1.78. The number of benzene rings is 1. The minimum absolute atomic E-state index is 1.30. The molecule has 0 atom stereocenters. The lowest BCUT2D eigenvalue weighted by Gasteiger charge is -2.00. The molecule has 0 saturated heterocycles. The summed E-state index contributed by atoms with van der Waals surface area (Å²) < 4.78 is 0. The van der Waals surface area contributed by atoms with E-state index in [0.29, 0.717) is 0 Å². The van der Waals surface area contributed by atoms with E-state index >= 15 is 0 Å². The Morgan fingerprint density at radius 1 is 1.13 bits per heavy atom. The summed E-state index contributed by atoms with van der Waals surface area (Å²) in [5, 5.41) is 0. The Morgan fingerprint density at radius 2 is 1.67 bits per heavy atom. The molecule has 80 valence electrons. The lowest BCUT2D eigenvalue weighted by molar-refractivity contribution is 1.44. The number of aryl methyl sites for hydroxylation is 1. The third kappa shape index (κ3) is 5.02. The summed E-state index contributed by atoms with van der Waals surface area (Å²) in [6.45, 7) is 12.3. The minimum Gasteiger partial charge on any atom is -0.106 e. The maximum atomic E-state index is 3.00. The van der Waals surface area contributed by atoms with Gasteiger partial charge in [-0.25, -0.2) is 0 Å². The fraction of sp³-hybridized carbons (Fsp3) is 0.200. The van der Waals surface area contributed by atoms with Gasteiger partial charge < -0.3 is 0 Å². The monoisotopic (exact) mass is 200 g/mol. The fourth-order valence-electron chi connectivity index (χ4n) is 1.15. The van der Waals surface area contributed by atoms with E-state index in [1.165, 1.54) is 16.7 Å². The third-order valence-corrected chi connectivity index (χ3v) is 2.05. The molecule has 0 amide bonds. The third-order valence-electron chi connectivity index (χ3n) is 2.05. The van der Waals surface area contributed by atoms with Gasteiger partial charge in [-0.3, -0.25) is 0 Å². The molecule has 15 heavy (non-hydrogen) atoms. The highest BCUT2D eigenvalue weighted by atomic mass is 14.0. The fourth-order valence-corrected chi connectivity index (χ4v) is 1.15. The van der Waals surface area contributed by atoms with Crippen LogP contribution in [0.2, 0.25) is 0 Å². The summed E-state index contributed by atoms with van der Waals surface area (Å²) in [4.78, 5) is 0. The highest BCUT2D eigenvalue weighted by Crippen LogP contribution is 2.13. The first kappa shape index (κ1) is 13.4. The van der Waals surface area contributed by atoms with Crippen LogP contribution in [-0.2, 0) is 0 Å². The van der Waals surface area contributed by atoms with E-state index in [4.69, 9.17) is 0 Å². The van der Waals surface area contributed by atoms with E-state index < -0.39 is 0 Å². The van der Waals surface area contributed by atoms with Crippen molar-refractivity contribution >= 4 is 5.57 Å². The Balaban J connectivity index is 0.000000921. The molecule has 1 aromatic carbocycles. The predicted octanol–water partition coefficient (Wildman–Crippen LogP) is 4.78. The van der Waals surface area contributed by atoms with Gasteiger partial charge in [0.25, 0.3) is 0 Å². The SMILES string of the molecule is C/C=C\C=C(/C)c1ccc(C)cc1.C=C. The number of allylic oxidation sites excluding steroid dienone is 4. The average Bonchev–Trinajstić information content (AvgIpc) is 2.29. The molecule has 0 aliphatic carbocycles. The molecule has 1 rings (SSSR count). The van der Waals surface area contributed by atoms with Crippen LogP contribution in [0.4, 0.5) is 0 Å². The molecule has 1 aromatic rings. The summed E-state index contributed by atoms with van der Waals surface area (Å²) >= 11 is 0. The Kier molecular flexibility index (Phi) is 7.00. The topological polar surface area (TPSA) is 0 Å². The molecule has 0 nitrogen and oxygen atoms in total. The minimum atomic E-state index is 1.30. The van der Waals surface area contributed by atoms with Gasteiger partial charge in [0, 0.05) is 0 Å². The van der Waals surface area contributed by atoms with E-state index in [1.54, 1.807) is 0 Å². The van der Waals surface area contributed by atoms with Gasteiger partial charge >= 0.3 is 0 Å². The Hall–Kier alpha value is -1.56. The van der Waals surface area contributed by atoms with Crippen LogP contribution < -0.4 is 0 Å². The van der Waals surface area contributed by atoms with E-state index in [-0.39, 0.29) is 0 Å². The zero-order chi connectivity index (χ0) is 11.7. The number of hydrogen-bond donors (Lipinski definition) is 0. The quantitative estimate of drug-likeness (QED) is 0.476. The zero-order valence-corrected chi connectivity index (χ0v) is 9.96. The first-order chi connectivity index (χ1) is 7.24. The predicted molar refractivity (Wildman–Crippen MR) is 70.9 cm³/mol. The van der Waals surface area contributed by atoms with Gasteiger partial charge in [0.1, 0.15) is 0 Å². The lowest BCUT2D eigenvalue weighted by atomic mass is 10.1. The Labute approximate surface area is 93.7 Å². The van der Waals surface area contributed by atoms with Crippen molar-refractivity contribution in [2.45, 2.75) is 20.8 Å². The van der Waals surface area contributed by atoms with E-state index in [0.717, 1.165) is 0 Å². The molecule has 0 aromatic heterocycles. The van der Waals surface area contributed by atoms with Crippen LogP contribution in [0.5, 0.6) is 0 Å². The summed E-state index contributed by atoms with van der Waals surface area (Å²) in [6, 6.07) is 8.60. The van der Waals surface area contributed by atoms with Crippen LogP contribution in [0.1, 0.15) is 25.0 Å². The summed E-state index contributed by atoms with van der Waals surface area (Å²) in [5.41, 5.74) is 3.91. The maximum absolute atomic E-state index is 3.00. The molecule has 0 N–H and O–H groups in total. The van der Waals surface area contributed by atoms with Crippen molar-refractivity contribution in [3.63, 3.8) is 0 Å².